The predicted octanol–water partition coefficient (Wildman–Crippen LogP) is 3.67. The Morgan fingerprint density at radius 2 is 2.05 bits per heavy atom. The number of halogens is 2. The molecular weight excluding hydrogens is 328 g/mol. The molecule has 4 nitrogen and oxygen atoms in total. The van der Waals surface area contributed by atoms with Crippen molar-refractivity contribution >= 4 is 39.2 Å². The first-order valence-corrected chi connectivity index (χ1v) is 7.63. The van der Waals surface area contributed by atoms with Gasteiger partial charge in [-0.3, -0.25) is 5.43 Å². The normalized spacial score (nSPS) is 17.3. The molecule has 0 aromatic heterocycles. The molecule has 0 unspecified atom stereocenters. The first kappa shape index (κ1) is 14.6. The minimum absolute atomic E-state index is 0.352. The Kier molecular flexibility index (Phi) is 5.48. The number of anilines is 1. The third-order valence-corrected chi connectivity index (χ3v) is 4.63. The highest BCUT2D eigenvalue weighted by Crippen LogP contribution is 2.30. The number of rotatable bonds is 2. The summed E-state index contributed by atoms with van der Waals surface area (Å²) in [6.07, 6.45) is 6.05. The van der Waals surface area contributed by atoms with Crippen LogP contribution in [-0.2, 0) is 0 Å². The molecule has 0 atom stereocenters. The van der Waals surface area contributed by atoms with Crippen molar-refractivity contribution in [3.8, 4) is 0 Å². The van der Waals surface area contributed by atoms with Crippen LogP contribution in [0, 0.1) is 0 Å². The second kappa shape index (κ2) is 7.12. The fourth-order valence-electron chi connectivity index (χ4n) is 2.23. The summed E-state index contributed by atoms with van der Waals surface area (Å²) in [5.74, 6) is 6.11. The lowest BCUT2D eigenvalue weighted by atomic mass is 9.96. The number of guanidine groups is 1. The fraction of sp³-hybridized carbons (Fsp3) is 0.462. The van der Waals surface area contributed by atoms with Gasteiger partial charge in [-0.2, -0.15) is 0 Å². The van der Waals surface area contributed by atoms with Gasteiger partial charge < -0.3 is 5.32 Å². The summed E-state index contributed by atoms with van der Waals surface area (Å²) in [5, 5.41) is 3.82. The summed E-state index contributed by atoms with van der Waals surface area (Å²) in [5.41, 5.74) is 3.47. The molecule has 4 N–H and O–H groups in total. The van der Waals surface area contributed by atoms with Gasteiger partial charge in [0.1, 0.15) is 0 Å². The largest absolute Gasteiger partial charge is 0.324 e. The number of benzene rings is 1. The summed E-state index contributed by atoms with van der Waals surface area (Å²) in [4.78, 5) is 4.63. The summed E-state index contributed by atoms with van der Waals surface area (Å²) in [6.45, 7) is 0. The van der Waals surface area contributed by atoms with Gasteiger partial charge in [-0.15, -0.1) is 0 Å². The van der Waals surface area contributed by atoms with Crippen molar-refractivity contribution in [1.29, 1.82) is 0 Å². The first-order chi connectivity index (χ1) is 9.20. The maximum absolute atomic E-state index is 6.05. The number of nitrogens with one attached hydrogen (secondary N) is 2. The van der Waals surface area contributed by atoms with Crippen molar-refractivity contribution in [2.45, 2.75) is 38.1 Å². The van der Waals surface area contributed by atoms with Crippen LogP contribution in [-0.4, -0.2) is 12.0 Å². The van der Waals surface area contributed by atoms with Crippen LogP contribution in [0.2, 0.25) is 5.02 Å². The molecule has 6 heteroatoms. The maximum atomic E-state index is 6.05. The lowest BCUT2D eigenvalue weighted by Crippen LogP contribution is -2.37. The van der Waals surface area contributed by atoms with Crippen molar-refractivity contribution in [2.24, 2.45) is 10.8 Å². The molecule has 1 fully saturated rings. The smallest absolute Gasteiger partial charge is 0.210 e. The van der Waals surface area contributed by atoms with Gasteiger partial charge >= 0.3 is 0 Å². The Labute approximate surface area is 126 Å². The Morgan fingerprint density at radius 1 is 1.32 bits per heavy atom. The third kappa shape index (κ3) is 4.09. The van der Waals surface area contributed by atoms with Crippen molar-refractivity contribution < 1.29 is 0 Å². The average molecular weight is 346 g/mol. The van der Waals surface area contributed by atoms with Gasteiger partial charge in [-0.25, -0.2) is 10.8 Å². The van der Waals surface area contributed by atoms with Crippen molar-refractivity contribution in [2.75, 3.05) is 5.32 Å². The maximum Gasteiger partial charge on any atom is 0.210 e. The Balaban J connectivity index is 2.09. The minimum atomic E-state index is 0.352. The first-order valence-electron chi connectivity index (χ1n) is 6.46. The van der Waals surface area contributed by atoms with E-state index < -0.39 is 0 Å². The zero-order chi connectivity index (χ0) is 13.7. The van der Waals surface area contributed by atoms with Crippen LogP contribution in [0.25, 0.3) is 0 Å². The minimum Gasteiger partial charge on any atom is -0.324 e. The Morgan fingerprint density at radius 3 is 2.74 bits per heavy atom. The highest BCUT2D eigenvalue weighted by atomic mass is 79.9. The molecule has 2 rings (SSSR count). The molecule has 0 heterocycles. The second-order valence-electron chi connectivity index (χ2n) is 4.64. The number of hydrazine groups is 1. The van der Waals surface area contributed by atoms with E-state index in [1.807, 2.05) is 18.2 Å². The molecule has 0 saturated heterocycles. The van der Waals surface area contributed by atoms with E-state index in [1.54, 1.807) is 0 Å². The molecule has 0 spiro atoms. The molecule has 1 aromatic carbocycles. The van der Waals surface area contributed by atoms with Gasteiger partial charge in [0.15, 0.2) is 0 Å². The number of hydrogen-bond donors (Lipinski definition) is 3. The van der Waals surface area contributed by atoms with Crippen molar-refractivity contribution in [1.82, 2.24) is 5.43 Å². The van der Waals surface area contributed by atoms with Gasteiger partial charge in [0.05, 0.1) is 21.2 Å². The summed E-state index contributed by atoms with van der Waals surface area (Å²) in [7, 11) is 0. The van der Waals surface area contributed by atoms with E-state index in [2.05, 4.69) is 31.7 Å². The number of aliphatic imine (C=N–C) groups is 1. The fourth-order valence-corrected chi connectivity index (χ4v) is 2.76. The van der Waals surface area contributed by atoms with Crippen molar-refractivity contribution in [3.63, 3.8) is 0 Å². The molecule has 0 radical (unpaired) electrons. The van der Waals surface area contributed by atoms with Crippen molar-refractivity contribution in [3.05, 3.63) is 27.7 Å². The standard InChI is InChI=1S/C13H18BrClN4/c14-12-10(15)7-4-8-11(12)18-13(19-16)17-9-5-2-1-3-6-9/h4,7-9H,1-3,5-6,16H2,(H2,17,18,19). The molecular formula is C13H18BrClN4. The molecule has 1 aliphatic carbocycles. The van der Waals surface area contributed by atoms with Crippen LogP contribution in [0.1, 0.15) is 32.1 Å². The average Bonchev–Trinajstić information content (AvgIpc) is 2.44. The molecule has 1 saturated carbocycles. The van der Waals surface area contributed by atoms with Crippen LogP contribution in [0.3, 0.4) is 0 Å². The summed E-state index contributed by atoms with van der Waals surface area (Å²) in [6, 6.07) is 5.98. The van der Waals surface area contributed by atoms with E-state index in [-0.39, 0.29) is 0 Å². The highest BCUT2D eigenvalue weighted by molar-refractivity contribution is 9.10. The summed E-state index contributed by atoms with van der Waals surface area (Å²) >= 11 is 9.50. The number of hydrogen-bond acceptors (Lipinski definition) is 2. The molecule has 0 aliphatic heterocycles. The quantitative estimate of drug-likeness (QED) is 0.332. The zero-order valence-electron chi connectivity index (χ0n) is 10.6. The number of nitrogens with two attached hydrogens (primary N) is 1. The van der Waals surface area contributed by atoms with Crippen LogP contribution in [0.5, 0.6) is 0 Å². The zero-order valence-corrected chi connectivity index (χ0v) is 13.0. The van der Waals surface area contributed by atoms with Gasteiger partial charge in [0.25, 0.3) is 0 Å². The molecule has 0 bridgehead atoms. The van der Waals surface area contributed by atoms with E-state index in [9.17, 15) is 0 Å². The summed E-state index contributed by atoms with van der Waals surface area (Å²) < 4.78 is 0.809. The topological polar surface area (TPSA) is 62.4 Å². The van der Waals surface area contributed by atoms with Crippen LogP contribution in [0.4, 0.5) is 5.69 Å². The van der Waals surface area contributed by atoms with E-state index in [0.717, 1.165) is 23.0 Å². The molecule has 0 amide bonds. The van der Waals surface area contributed by atoms with E-state index in [0.29, 0.717) is 17.0 Å². The van der Waals surface area contributed by atoms with E-state index >= 15 is 0 Å². The molecule has 19 heavy (non-hydrogen) atoms. The van der Waals surface area contributed by atoms with Crippen LogP contribution >= 0.6 is 27.5 Å². The lowest BCUT2D eigenvalue weighted by Gasteiger charge is -2.20. The predicted molar refractivity (Wildman–Crippen MR) is 84.4 cm³/mol. The van der Waals surface area contributed by atoms with E-state index in [1.165, 1.54) is 19.3 Å². The molecule has 1 aliphatic rings. The van der Waals surface area contributed by atoms with E-state index in [4.69, 9.17) is 17.4 Å². The van der Waals surface area contributed by atoms with Gasteiger partial charge in [0, 0.05) is 0 Å². The Bertz CT molecular complexity index is 458. The lowest BCUT2D eigenvalue weighted by molar-refractivity contribution is 0.442. The highest BCUT2D eigenvalue weighted by Gasteiger charge is 2.13. The molecule has 104 valence electrons. The monoisotopic (exact) mass is 344 g/mol. The second-order valence-corrected chi connectivity index (χ2v) is 5.84. The molecule has 1 aromatic rings. The SMILES string of the molecule is NNC(=NC1CCCCC1)Nc1cccc(Cl)c1Br. The van der Waals surface area contributed by atoms with Crippen LogP contribution < -0.4 is 16.6 Å². The van der Waals surface area contributed by atoms with Gasteiger partial charge in [-0.05, 0) is 40.9 Å². The van der Waals surface area contributed by atoms with Gasteiger partial charge in [0.2, 0.25) is 5.96 Å². The van der Waals surface area contributed by atoms with Crippen LogP contribution in [0.15, 0.2) is 27.7 Å². The van der Waals surface area contributed by atoms with Gasteiger partial charge in [-0.1, -0.05) is 36.9 Å². The number of nitrogens with zero attached hydrogens (tertiary/aromatic N) is 1. The Hall–Kier alpha value is -0.780. The third-order valence-electron chi connectivity index (χ3n) is 3.23.